The lowest BCUT2D eigenvalue weighted by molar-refractivity contribution is 0.505. The topological polar surface area (TPSA) is 12.0 Å². The molecule has 1 atom stereocenters. The number of nitrogens with one attached hydrogen (secondary N) is 1. The average molecular weight is 251 g/mol. The second-order valence-corrected chi connectivity index (χ2v) is 5.86. The van der Waals surface area contributed by atoms with Gasteiger partial charge in [-0.15, -0.1) is 17.9 Å². The molecule has 0 bridgehead atoms. The van der Waals surface area contributed by atoms with Gasteiger partial charge in [0.05, 0.1) is 0 Å². The van der Waals surface area contributed by atoms with Crippen LogP contribution in [0.1, 0.15) is 55.8 Å². The number of thiophene rings is 1. The van der Waals surface area contributed by atoms with Crippen molar-refractivity contribution in [2.45, 2.75) is 52.5 Å². The number of aryl methyl sites for hydroxylation is 1. The van der Waals surface area contributed by atoms with E-state index in [1.165, 1.54) is 28.2 Å². The maximum atomic E-state index is 4.00. The van der Waals surface area contributed by atoms with Crippen molar-refractivity contribution in [1.82, 2.24) is 5.32 Å². The van der Waals surface area contributed by atoms with Gasteiger partial charge in [-0.1, -0.05) is 19.4 Å². The Hall–Kier alpha value is -0.600. The van der Waals surface area contributed by atoms with E-state index in [2.05, 4.69) is 44.8 Å². The van der Waals surface area contributed by atoms with Crippen molar-refractivity contribution in [2.24, 2.45) is 0 Å². The van der Waals surface area contributed by atoms with Gasteiger partial charge in [-0.2, -0.15) is 0 Å². The first-order valence-electron chi connectivity index (χ1n) is 6.63. The van der Waals surface area contributed by atoms with E-state index < -0.39 is 0 Å². The van der Waals surface area contributed by atoms with Crippen molar-refractivity contribution in [2.75, 3.05) is 6.54 Å². The highest BCUT2D eigenvalue weighted by Crippen LogP contribution is 2.27. The zero-order chi connectivity index (χ0) is 12.7. The summed E-state index contributed by atoms with van der Waals surface area (Å²) in [5.41, 5.74) is 1.28. The molecule has 0 saturated carbocycles. The Bertz CT molecular complexity index is 340. The zero-order valence-electron chi connectivity index (χ0n) is 11.4. The molecule has 1 rings (SSSR count). The summed E-state index contributed by atoms with van der Waals surface area (Å²) >= 11 is 1.95. The van der Waals surface area contributed by atoms with Crippen molar-refractivity contribution in [1.29, 1.82) is 0 Å². The fourth-order valence-corrected chi connectivity index (χ4v) is 2.89. The molecule has 0 aliphatic rings. The Balaban J connectivity index is 2.63. The van der Waals surface area contributed by atoms with E-state index in [1.807, 2.05) is 11.3 Å². The minimum absolute atomic E-state index is 0.511. The summed E-state index contributed by atoms with van der Waals surface area (Å²) in [7, 11) is 0. The fraction of sp³-hybridized carbons (Fsp3) is 0.600. The fourth-order valence-electron chi connectivity index (χ4n) is 1.83. The molecule has 0 aromatic carbocycles. The zero-order valence-corrected chi connectivity index (χ0v) is 12.2. The molecule has 1 aromatic heterocycles. The molecule has 1 aromatic rings. The van der Waals surface area contributed by atoms with Crippen molar-refractivity contribution in [3.63, 3.8) is 0 Å². The lowest BCUT2D eigenvalue weighted by Gasteiger charge is -2.17. The molecule has 0 amide bonds. The maximum absolute atomic E-state index is 4.00. The predicted molar refractivity (Wildman–Crippen MR) is 78.8 cm³/mol. The monoisotopic (exact) mass is 251 g/mol. The van der Waals surface area contributed by atoms with E-state index in [0.29, 0.717) is 6.04 Å². The van der Waals surface area contributed by atoms with Crippen LogP contribution < -0.4 is 5.32 Å². The highest BCUT2D eigenvalue weighted by Gasteiger charge is 2.12. The molecule has 1 nitrogen and oxygen atoms in total. The third kappa shape index (κ3) is 5.05. The van der Waals surface area contributed by atoms with Crippen molar-refractivity contribution >= 4 is 11.3 Å². The summed E-state index contributed by atoms with van der Waals surface area (Å²) in [6.45, 7) is 11.6. The van der Waals surface area contributed by atoms with Crippen LogP contribution in [0.25, 0.3) is 0 Å². The van der Waals surface area contributed by atoms with Gasteiger partial charge in [-0.3, -0.25) is 0 Å². The number of hydrogen-bond donors (Lipinski definition) is 1. The van der Waals surface area contributed by atoms with Gasteiger partial charge in [0.1, 0.15) is 0 Å². The highest BCUT2D eigenvalue weighted by molar-refractivity contribution is 7.12. The van der Waals surface area contributed by atoms with Gasteiger partial charge in [-0.25, -0.2) is 0 Å². The average Bonchev–Trinajstić information content (AvgIpc) is 2.77. The van der Waals surface area contributed by atoms with Gasteiger partial charge < -0.3 is 5.32 Å². The summed E-state index contributed by atoms with van der Waals surface area (Å²) in [6.07, 6.45) is 4.61. The van der Waals surface area contributed by atoms with Crippen LogP contribution in [-0.2, 0) is 6.42 Å². The molecule has 0 fully saturated rings. The largest absolute Gasteiger partial charge is 0.309 e. The first-order chi connectivity index (χ1) is 8.17. The van der Waals surface area contributed by atoms with Gasteiger partial charge in [0, 0.05) is 15.8 Å². The Morgan fingerprint density at radius 2 is 2.18 bits per heavy atom. The standard InChI is InChI=1S/C15H25NS/c1-5-11-16-14(9-7-12(3)4)15-10-8-13(6-2)17-15/h8,10,14,16H,3,5-7,9,11H2,1-2,4H3. The van der Waals surface area contributed by atoms with E-state index in [1.54, 1.807) is 0 Å². The van der Waals surface area contributed by atoms with E-state index in [4.69, 9.17) is 0 Å². The van der Waals surface area contributed by atoms with E-state index in [-0.39, 0.29) is 0 Å². The van der Waals surface area contributed by atoms with Crippen LogP contribution in [0.3, 0.4) is 0 Å². The van der Waals surface area contributed by atoms with Crippen LogP contribution in [-0.4, -0.2) is 6.54 Å². The Morgan fingerprint density at radius 3 is 2.71 bits per heavy atom. The van der Waals surface area contributed by atoms with E-state index in [9.17, 15) is 0 Å². The van der Waals surface area contributed by atoms with Gasteiger partial charge in [0.25, 0.3) is 0 Å². The third-order valence-electron chi connectivity index (χ3n) is 2.87. The summed E-state index contributed by atoms with van der Waals surface area (Å²) in [6, 6.07) is 5.06. The second kappa shape index (κ2) is 7.67. The van der Waals surface area contributed by atoms with E-state index >= 15 is 0 Å². The molecule has 1 unspecified atom stereocenters. The summed E-state index contributed by atoms with van der Waals surface area (Å²) in [5.74, 6) is 0. The predicted octanol–water partition coefficient (Wildman–Crippen LogP) is 4.71. The normalized spacial score (nSPS) is 12.6. The molecule has 96 valence electrons. The lowest BCUT2D eigenvalue weighted by atomic mass is 10.1. The SMILES string of the molecule is C=C(C)CCC(NCCC)c1ccc(CC)s1. The minimum atomic E-state index is 0.511. The summed E-state index contributed by atoms with van der Waals surface area (Å²) in [4.78, 5) is 2.97. The van der Waals surface area contributed by atoms with Crippen LogP contribution in [0.5, 0.6) is 0 Å². The van der Waals surface area contributed by atoms with Gasteiger partial charge in [0.15, 0.2) is 0 Å². The molecule has 17 heavy (non-hydrogen) atoms. The number of allylic oxidation sites excluding steroid dienone is 1. The first-order valence-corrected chi connectivity index (χ1v) is 7.45. The second-order valence-electron chi connectivity index (χ2n) is 4.66. The molecule has 0 spiro atoms. The van der Waals surface area contributed by atoms with Crippen molar-refractivity contribution < 1.29 is 0 Å². The van der Waals surface area contributed by atoms with Crippen LogP contribution >= 0.6 is 11.3 Å². The molecule has 0 aliphatic carbocycles. The third-order valence-corrected chi connectivity index (χ3v) is 4.22. The van der Waals surface area contributed by atoms with Crippen LogP contribution in [0.4, 0.5) is 0 Å². The van der Waals surface area contributed by atoms with Gasteiger partial charge in [-0.05, 0) is 51.3 Å². The van der Waals surface area contributed by atoms with Crippen molar-refractivity contribution in [3.05, 3.63) is 34.0 Å². The molecular weight excluding hydrogens is 226 g/mol. The molecule has 1 heterocycles. The number of rotatable bonds is 8. The Morgan fingerprint density at radius 1 is 1.41 bits per heavy atom. The summed E-state index contributed by atoms with van der Waals surface area (Å²) in [5, 5.41) is 3.65. The first kappa shape index (κ1) is 14.5. The van der Waals surface area contributed by atoms with Crippen LogP contribution in [0, 0.1) is 0 Å². The smallest absolute Gasteiger partial charge is 0.0417 e. The number of hydrogen-bond acceptors (Lipinski definition) is 2. The lowest BCUT2D eigenvalue weighted by Crippen LogP contribution is -2.21. The van der Waals surface area contributed by atoms with E-state index in [0.717, 1.165) is 19.4 Å². The Kier molecular flexibility index (Phi) is 6.53. The molecule has 0 saturated heterocycles. The molecule has 1 N–H and O–H groups in total. The minimum Gasteiger partial charge on any atom is -0.309 e. The molecular formula is C15H25NS. The maximum Gasteiger partial charge on any atom is 0.0417 e. The molecule has 0 aliphatic heterocycles. The molecule has 2 heteroatoms. The molecule has 0 radical (unpaired) electrons. The van der Waals surface area contributed by atoms with Crippen LogP contribution in [0.15, 0.2) is 24.3 Å². The van der Waals surface area contributed by atoms with Crippen LogP contribution in [0.2, 0.25) is 0 Å². The quantitative estimate of drug-likeness (QED) is 0.660. The van der Waals surface area contributed by atoms with Gasteiger partial charge >= 0.3 is 0 Å². The summed E-state index contributed by atoms with van der Waals surface area (Å²) < 4.78 is 0. The Labute approximate surface area is 110 Å². The highest BCUT2D eigenvalue weighted by atomic mass is 32.1. The van der Waals surface area contributed by atoms with Gasteiger partial charge in [0.2, 0.25) is 0 Å². The van der Waals surface area contributed by atoms with Crippen molar-refractivity contribution in [3.8, 4) is 0 Å².